The quantitative estimate of drug-likeness (QED) is 0.0726. The van der Waals surface area contributed by atoms with E-state index in [9.17, 15) is 61.3 Å². The normalized spacial score (nSPS) is 45.0. The Labute approximate surface area is 327 Å². The molecule has 28 nitrogen and oxygen atoms in total. The van der Waals surface area contributed by atoms with Crippen molar-refractivity contribution in [2.45, 2.75) is 134 Å². The van der Waals surface area contributed by atoms with Crippen LogP contribution < -0.4 is 0 Å². The lowest BCUT2D eigenvalue weighted by Crippen LogP contribution is -2.62. The summed E-state index contributed by atoms with van der Waals surface area (Å²) in [5.41, 5.74) is 0. The largest absolute Gasteiger partial charge is 0.394 e. The molecule has 4 aliphatic heterocycles. The minimum absolute atomic E-state index is 0.669. The highest BCUT2D eigenvalue weighted by Gasteiger charge is 2.60. The van der Waals surface area contributed by atoms with Gasteiger partial charge in [-0.1, -0.05) is 0 Å². The van der Waals surface area contributed by atoms with E-state index in [4.69, 9.17) is 79.5 Å². The Morgan fingerprint density at radius 2 is 0.690 bits per heavy atom. The lowest BCUT2D eigenvalue weighted by Gasteiger charge is -2.43. The first-order valence-electron chi connectivity index (χ1n) is 17.6. The number of rotatable bonds is 15. The van der Waals surface area contributed by atoms with Gasteiger partial charge in [0.05, 0.1) is 39.6 Å². The summed E-state index contributed by atoms with van der Waals surface area (Å²) in [5, 5.41) is 206. The van der Waals surface area contributed by atoms with Gasteiger partial charge in [0.25, 0.3) is 0 Å². The fourth-order valence-corrected chi connectivity index (χ4v) is 5.93. The zero-order valence-electron chi connectivity index (χ0n) is 30.5. The SMILES string of the molecule is OC[C@@H](O)[C@@H](O)[C@H](O)[C@H](O)CO.OC[C@H]1O[C@@](CO)(O[C@H]2O[C@H](CO)[C@@H](O)[C@H](O)[C@H]2O)[C@@H](O)[C@@H]1O.OC[C@H]1O[C@@](CO)(O[C@H]2O[C@H](CO)[C@@H](O)[C@H](O)[C@H]2O)[C@@H](O)[C@@H]1O. The van der Waals surface area contributed by atoms with Crippen molar-refractivity contribution in [3.8, 4) is 0 Å². The van der Waals surface area contributed by atoms with Gasteiger partial charge >= 0.3 is 0 Å². The van der Waals surface area contributed by atoms with Crippen LogP contribution in [0, 0.1) is 0 Å². The molecule has 0 unspecified atom stereocenters. The highest BCUT2D eigenvalue weighted by molar-refractivity contribution is 5.00. The molecule has 0 saturated carbocycles. The van der Waals surface area contributed by atoms with E-state index < -0.39 is 187 Å². The van der Waals surface area contributed by atoms with Crippen LogP contribution in [0.4, 0.5) is 0 Å². The summed E-state index contributed by atoms with van der Waals surface area (Å²) < 4.78 is 30.9. The molecule has 4 fully saturated rings. The third kappa shape index (κ3) is 11.7. The van der Waals surface area contributed by atoms with Gasteiger partial charge in [0.1, 0.15) is 123 Å². The topological polar surface area (TPSA) is 500 Å². The Hall–Kier alpha value is -1.12. The molecule has 28 heteroatoms. The van der Waals surface area contributed by atoms with Gasteiger partial charge in [-0.2, -0.15) is 0 Å². The standard InChI is InChI=1S/2C12H22O11.C6H14O6/c2*13-1-4-6(16)8(18)9(19)11(21-4)23-12(3-15)10(20)7(17)5(2-14)22-12;7-1-3(9)5(11)6(12)4(10)2-8/h2*4-11,13-20H,1-3H2;3-12H,1-2H2/t2*4-,5-,6-,7-,8+,9-,10+,11-,12+;3-,4-,5-,6-/m111/s1. The van der Waals surface area contributed by atoms with Crippen molar-refractivity contribution in [3.05, 3.63) is 0 Å². The van der Waals surface area contributed by atoms with Gasteiger partial charge < -0.3 is 141 Å². The molecule has 4 aliphatic rings. The predicted molar refractivity (Wildman–Crippen MR) is 175 cm³/mol. The van der Waals surface area contributed by atoms with E-state index in [1.165, 1.54) is 0 Å². The first kappa shape index (κ1) is 53.0. The molecule has 0 spiro atoms. The average molecular weight is 867 g/mol. The molecule has 0 aromatic rings. The summed E-state index contributed by atoms with van der Waals surface area (Å²) in [6.45, 7) is -6.10. The van der Waals surface area contributed by atoms with Crippen molar-refractivity contribution < 1.29 is 141 Å². The maximum atomic E-state index is 10.00. The summed E-state index contributed by atoms with van der Waals surface area (Å²) in [5.74, 6) is -4.44. The van der Waals surface area contributed by atoms with Gasteiger partial charge in [0.2, 0.25) is 11.6 Å². The van der Waals surface area contributed by atoms with E-state index >= 15 is 0 Å². The number of ether oxygens (including phenoxy) is 6. The van der Waals surface area contributed by atoms with Crippen LogP contribution in [-0.4, -0.2) is 299 Å². The fourth-order valence-electron chi connectivity index (χ4n) is 5.93. The maximum Gasteiger partial charge on any atom is 0.224 e. The summed E-state index contributed by atoms with van der Waals surface area (Å²) in [6.07, 6.45) is -31.7. The van der Waals surface area contributed by atoms with Crippen molar-refractivity contribution in [3.63, 3.8) is 0 Å². The Bertz CT molecular complexity index is 1070. The van der Waals surface area contributed by atoms with Crippen molar-refractivity contribution in [2.75, 3.05) is 52.9 Å². The molecule has 58 heavy (non-hydrogen) atoms. The van der Waals surface area contributed by atoms with Crippen LogP contribution in [0.2, 0.25) is 0 Å². The summed E-state index contributed by atoms with van der Waals surface area (Å²) >= 11 is 0. The van der Waals surface area contributed by atoms with Crippen molar-refractivity contribution in [1.82, 2.24) is 0 Å². The van der Waals surface area contributed by atoms with E-state index in [1.54, 1.807) is 0 Å². The molecule has 4 heterocycles. The summed E-state index contributed by atoms with van der Waals surface area (Å²) in [6, 6.07) is 0. The molecule has 22 atom stereocenters. The minimum atomic E-state index is -2.22. The number of hydrogen-bond acceptors (Lipinski definition) is 28. The van der Waals surface area contributed by atoms with E-state index in [0.29, 0.717) is 0 Å². The molecule has 22 N–H and O–H groups in total. The van der Waals surface area contributed by atoms with E-state index in [0.717, 1.165) is 0 Å². The fraction of sp³-hybridized carbons (Fsp3) is 1.00. The second kappa shape index (κ2) is 23.4. The average Bonchev–Trinajstić information content (AvgIpc) is 3.63. The van der Waals surface area contributed by atoms with Crippen LogP contribution in [0.3, 0.4) is 0 Å². The van der Waals surface area contributed by atoms with Crippen LogP contribution in [0.5, 0.6) is 0 Å². The molecule has 346 valence electrons. The lowest BCUT2D eigenvalue weighted by molar-refractivity contribution is -0.383. The molecule has 0 aromatic heterocycles. The Morgan fingerprint density at radius 3 is 0.914 bits per heavy atom. The lowest BCUT2D eigenvalue weighted by atomic mass is 9.99. The van der Waals surface area contributed by atoms with Gasteiger partial charge in [-0.25, -0.2) is 0 Å². The van der Waals surface area contributed by atoms with Crippen LogP contribution in [0.15, 0.2) is 0 Å². The number of aliphatic hydroxyl groups is 22. The molecule has 0 radical (unpaired) electrons. The van der Waals surface area contributed by atoms with Gasteiger partial charge in [-0.05, 0) is 0 Å². The highest BCUT2D eigenvalue weighted by Crippen LogP contribution is 2.37. The number of hydrogen-bond donors (Lipinski definition) is 22. The smallest absolute Gasteiger partial charge is 0.224 e. The summed E-state index contributed by atoms with van der Waals surface area (Å²) in [4.78, 5) is 0. The van der Waals surface area contributed by atoms with Crippen LogP contribution in [0.1, 0.15) is 0 Å². The van der Waals surface area contributed by atoms with E-state index in [-0.39, 0.29) is 0 Å². The third-order valence-corrected chi connectivity index (χ3v) is 9.65. The van der Waals surface area contributed by atoms with Crippen LogP contribution in [-0.2, 0) is 28.4 Å². The highest BCUT2D eigenvalue weighted by atomic mass is 16.8. The maximum absolute atomic E-state index is 10.00. The van der Waals surface area contributed by atoms with Gasteiger partial charge in [-0.15, -0.1) is 0 Å². The molecule has 0 bridgehead atoms. The molecule has 4 saturated heterocycles. The van der Waals surface area contributed by atoms with Crippen molar-refractivity contribution in [1.29, 1.82) is 0 Å². The molecule has 0 amide bonds. The van der Waals surface area contributed by atoms with Gasteiger partial charge in [0, 0.05) is 0 Å². The molecule has 0 aromatic carbocycles. The van der Waals surface area contributed by atoms with Gasteiger partial charge in [0.15, 0.2) is 12.6 Å². The van der Waals surface area contributed by atoms with Gasteiger partial charge in [-0.3, -0.25) is 0 Å². The molecule has 4 rings (SSSR count). The first-order valence-corrected chi connectivity index (χ1v) is 17.6. The van der Waals surface area contributed by atoms with E-state index in [2.05, 4.69) is 0 Å². The van der Waals surface area contributed by atoms with Crippen molar-refractivity contribution >= 4 is 0 Å². The second-order valence-corrected chi connectivity index (χ2v) is 13.6. The Balaban J connectivity index is 0.000000317. The Morgan fingerprint density at radius 1 is 0.397 bits per heavy atom. The summed E-state index contributed by atoms with van der Waals surface area (Å²) in [7, 11) is 0. The molecular weight excluding hydrogens is 808 g/mol. The van der Waals surface area contributed by atoms with Crippen molar-refractivity contribution in [2.24, 2.45) is 0 Å². The van der Waals surface area contributed by atoms with E-state index in [1.807, 2.05) is 0 Å². The third-order valence-electron chi connectivity index (χ3n) is 9.65. The Kier molecular flexibility index (Phi) is 21.4. The van der Waals surface area contributed by atoms with Crippen LogP contribution >= 0.6 is 0 Å². The van der Waals surface area contributed by atoms with Crippen LogP contribution in [0.25, 0.3) is 0 Å². The zero-order chi connectivity index (χ0) is 44.4. The molecule has 0 aliphatic carbocycles. The monoisotopic (exact) mass is 866 g/mol. The second-order valence-electron chi connectivity index (χ2n) is 13.6. The minimum Gasteiger partial charge on any atom is -0.394 e. The first-order chi connectivity index (χ1) is 27.2. The predicted octanol–water partition coefficient (Wildman–Crippen LogP) is -14.4. The number of aliphatic hydroxyl groups excluding tert-OH is 22. The molecular formula is C30H58O28. The zero-order valence-corrected chi connectivity index (χ0v) is 30.5.